The van der Waals surface area contributed by atoms with Crippen molar-refractivity contribution in [3.05, 3.63) is 0 Å². The van der Waals surface area contributed by atoms with Gasteiger partial charge < -0.3 is 58.2 Å². The Kier molecular flexibility index (Phi) is 18.5. The first-order chi connectivity index (χ1) is 28.6. The number of esters is 2. The van der Waals surface area contributed by atoms with Gasteiger partial charge in [-0.15, -0.1) is 12.3 Å². The van der Waals surface area contributed by atoms with E-state index in [-0.39, 0.29) is 43.0 Å². The predicted octanol–water partition coefficient (Wildman–Crippen LogP) is 4.47. The summed E-state index contributed by atoms with van der Waals surface area (Å²) in [6, 6.07) is -0.0687. The van der Waals surface area contributed by atoms with Crippen LogP contribution in [0.1, 0.15) is 122 Å². The summed E-state index contributed by atoms with van der Waals surface area (Å²) in [7, 11) is 3.40. The van der Waals surface area contributed by atoms with Gasteiger partial charge in [-0.1, -0.05) is 39.8 Å². The molecule has 0 bridgehead atoms. The van der Waals surface area contributed by atoms with Crippen molar-refractivity contribution in [2.45, 2.75) is 206 Å². The maximum Gasteiger partial charge on any atom is 0.346 e. The Bertz CT molecular complexity index is 1600. The van der Waals surface area contributed by atoms with Gasteiger partial charge in [0.2, 0.25) is 5.67 Å². The Labute approximate surface area is 367 Å². The van der Waals surface area contributed by atoms with Crippen LogP contribution in [0.2, 0.25) is 0 Å². The molecule has 3 aliphatic heterocycles. The van der Waals surface area contributed by atoms with E-state index >= 15 is 4.39 Å². The van der Waals surface area contributed by atoms with Crippen LogP contribution in [0, 0.1) is 36.0 Å². The van der Waals surface area contributed by atoms with E-state index in [2.05, 4.69) is 16.0 Å². The van der Waals surface area contributed by atoms with Gasteiger partial charge in [0.25, 0.3) is 0 Å². The predicted molar refractivity (Wildman–Crippen MR) is 226 cm³/mol. The number of methoxy groups -OCH3 is 1. The van der Waals surface area contributed by atoms with Crippen molar-refractivity contribution >= 4 is 23.6 Å². The Morgan fingerprint density at radius 3 is 2.15 bits per heavy atom. The second kappa shape index (κ2) is 21.5. The van der Waals surface area contributed by atoms with Crippen molar-refractivity contribution in [2.24, 2.45) is 28.8 Å². The van der Waals surface area contributed by atoms with Crippen LogP contribution in [-0.4, -0.2) is 148 Å². The topological polar surface area (TPSA) is 201 Å². The molecule has 0 radical (unpaired) electrons. The van der Waals surface area contributed by atoms with E-state index in [9.17, 15) is 29.7 Å². The van der Waals surface area contributed by atoms with Crippen LogP contribution in [0.15, 0.2) is 5.16 Å². The lowest BCUT2D eigenvalue weighted by Crippen LogP contribution is -2.63. The molecule has 0 amide bonds. The molecule has 0 spiro atoms. The van der Waals surface area contributed by atoms with Gasteiger partial charge in [-0.25, -0.2) is 14.0 Å². The van der Waals surface area contributed by atoms with Gasteiger partial charge in [0.15, 0.2) is 18.7 Å². The van der Waals surface area contributed by atoms with Crippen molar-refractivity contribution in [1.29, 1.82) is 0 Å². The highest BCUT2D eigenvalue weighted by Crippen LogP contribution is 2.43. The van der Waals surface area contributed by atoms with Crippen molar-refractivity contribution in [2.75, 3.05) is 20.7 Å². The second-order valence-electron chi connectivity index (χ2n) is 18.8. The summed E-state index contributed by atoms with van der Waals surface area (Å²) in [4.78, 5) is 45.8. The van der Waals surface area contributed by atoms with E-state index < -0.39 is 107 Å². The molecule has 16 nitrogen and oxygen atoms in total. The fourth-order valence-electron chi connectivity index (χ4n) is 9.73. The van der Waals surface area contributed by atoms with E-state index in [4.69, 9.17) is 44.4 Å². The number of hydrogen-bond acceptors (Lipinski definition) is 16. The van der Waals surface area contributed by atoms with Gasteiger partial charge in [-0.2, -0.15) is 0 Å². The standard InChI is InChI=1S/C45H75FN2O14/c1-17-19-20-48(15)32-21-25(4)56-40(26(32)5)61-37-28(7)38(60-34-23-43(12,55-16)39(29(8)57-34)58-30(9)49)44(13,46)41(52)59-33(18-2)45(14,54)36(51)27(6)35(47-62-31(10)50)24(3)22-42(37,11)53/h1,24-29,32-34,36-40,51,53-54H,18-23H2,2-16H3/b47-35-/t24-,25-,26-,27+,28-,29+,32+,33-,34?,36-,37-,38+,39+,40?,42-,43-,44+,45-/m1/s1. The normalized spacial score (nSPS) is 44.5. The minimum Gasteiger partial charge on any atom is -0.457 e. The molecular formula is C45H75FN2O14. The SMILES string of the molecule is C#CCCN(C)[C@H]1C[C@@H](C)OC(O[C@@H]2[C@@H](C)[C@H](OC3C[C@@](C)(OC)[C@@H](OC(C)=O)[C@H](C)O3)[C@](C)(F)C(=O)O[C@H](CC)[C@@](C)(O)[C@H](O)[C@@H](C)/C(=N\OC(C)=O)[C@H](C)C[C@@]2(C)O)[C@@H]1C. The lowest BCUT2D eigenvalue weighted by atomic mass is 9.73. The molecule has 62 heavy (non-hydrogen) atoms. The number of carbonyl (C=O) groups excluding carboxylic acids is 3. The summed E-state index contributed by atoms with van der Waals surface area (Å²) in [5, 5.41) is 40.7. The molecule has 0 aromatic rings. The lowest BCUT2D eigenvalue weighted by molar-refractivity contribution is -0.319. The third kappa shape index (κ3) is 12.3. The zero-order valence-corrected chi connectivity index (χ0v) is 39.5. The maximum absolute atomic E-state index is 18.0. The third-order valence-electron chi connectivity index (χ3n) is 13.3. The molecule has 3 N–H and O–H groups in total. The quantitative estimate of drug-likeness (QED) is 0.114. The molecule has 3 saturated heterocycles. The number of halogens is 1. The zero-order chi connectivity index (χ0) is 47.3. The fraction of sp³-hybridized carbons (Fsp3) is 0.867. The van der Waals surface area contributed by atoms with E-state index in [0.717, 1.165) is 13.8 Å². The molecule has 17 heteroatoms. The molecule has 0 aliphatic carbocycles. The first-order valence-corrected chi connectivity index (χ1v) is 21.8. The van der Waals surface area contributed by atoms with Crippen LogP contribution >= 0.6 is 0 Å². The average Bonchev–Trinajstić information content (AvgIpc) is 3.17. The smallest absolute Gasteiger partial charge is 0.346 e. The Morgan fingerprint density at radius 2 is 1.60 bits per heavy atom. The number of oxime groups is 1. The molecular weight excluding hydrogens is 811 g/mol. The van der Waals surface area contributed by atoms with Crippen LogP contribution in [0.3, 0.4) is 0 Å². The van der Waals surface area contributed by atoms with Crippen molar-refractivity contribution < 1.29 is 72.1 Å². The number of aliphatic hydroxyl groups excluding tert-OH is 1. The average molecular weight is 887 g/mol. The summed E-state index contributed by atoms with van der Waals surface area (Å²) < 4.78 is 61.5. The molecule has 3 rings (SSSR count). The minimum atomic E-state index is -3.04. The minimum absolute atomic E-state index is 0.0505. The van der Waals surface area contributed by atoms with Crippen LogP contribution in [0.5, 0.6) is 0 Å². The Balaban J connectivity index is 2.31. The van der Waals surface area contributed by atoms with Gasteiger partial charge >= 0.3 is 17.9 Å². The van der Waals surface area contributed by atoms with Gasteiger partial charge in [0.1, 0.15) is 23.4 Å². The van der Waals surface area contributed by atoms with Gasteiger partial charge in [0, 0.05) is 70.1 Å². The van der Waals surface area contributed by atoms with E-state index in [1.54, 1.807) is 41.5 Å². The van der Waals surface area contributed by atoms with E-state index in [1.165, 1.54) is 27.9 Å². The second-order valence-corrected chi connectivity index (χ2v) is 18.8. The van der Waals surface area contributed by atoms with E-state index in [0.29, 0.717) is 19.4 Å². The molecule has 18 atom stereocenters. The molecule has 3 heterocycles. The number of nitrogens with zero attached hydrogens (tertiary/aromatic N) is 2. The number of rotatable bonds is 11. The fourth-order valence-corrected chi connectivity index (χ4v) is 9.73. The Hall–Kier alpha value is -2.79. The van der Waals surface area contributed by atoms with Crippen LogP contribution in [-0.2, 0) is 52.4 Å². The number of ether oxygens (including phenoxy) is 7. The summed E-state index contributed by atoms with van der Waals surface area (Å²) in [5.41, 5.74) is -8.25. The lowest BCUT2D eigenvalue weighted by Gasteiger charge is -2.50. The molecule has 0 aromatic carbocycles. The third-order valence-corrected chi connectivity index (χ3v) is 13.3. The molecule has 3 fully saturated rings. The van der Waals surface area contributed by atoms with Crippen LogP contribution in [0.4, 0.5) is 4.39 Å². The van der Waals surface area contributed by atoms with Gasteiger partial charge in [-0.3, -0.25) is 4.79 Å². The summed E-state index contributed by atoms with van der Waals surface area (Å²) in [6.45, 7) is 20.4. The zero-order valence-electron chi connectivity index (χ0n) is 39.5. The number of alkyl halides is 1. The Morgan fingerprint density at radius 1 is 0.968 bits per heavy atom. The molecule has 3 aliphatic rings. The number of hydrogen-bond donors (Lipinski definition) is 3. The highest BCUT2D eigenvalue weighted by molar-refractivity contribution is 5.89. The van der Waals surface area contributed by atoms with Crippen LogP contribution in [0.25, 0.3) is 0 Å². The van der Waals surface area contributed by atoms with Crippen molar-refractivity contribution in [3.8, 4) is 12.3 Å². The highest BCUT2D eigenvalue weighted by Gasteiger charge is 2.58. The number of cyclic esters (lactones) is 1. The summed E-state index contributed by atoms with van der Waals surface area (Å²) in [5.74, 6) is -3.42. The highest BCUT2D eigenvalue weighted by atomic mass is 19.1. The summed E-state index contributed by atoms with van der Waals surface area (Å²) >= 11 is 0. The number of carbonyl (C=O) groups is 3. The number of terminal acetylenes is 1. The van der Waals surface area contributed by atoms with Gasteiger partial charge in [0.05, 0.1) is 35.7 Å². The monoisotopic (exact) mass is 887 g/mol. The van der Waals surface area contributed by atoms with Crippen LogP contribution < -0.4 is 0 Å². The maximum atomic E-state index is 18.0. The molecule has 356 valence electrons. The van der Waals surface area contributed by atoms with Crippen molar-refractivity contribution in [3.63, 3.8) is 0 Å². The first kappa shape index (κ1) is 53.5. The van der Waals surface area contributed by atoms with Crippen molar-refractivity contribution in [1.82, 2.24) is 4.90 Å². The molecule has 0 aromatic heterocycles. The first-order valence-electron chi connectivity index (χ1n) is 21.8. The molecule has 0 saturated carbocycles. The summed E-state index contributed by atoms with van der Waals surface area (Å²) in [6.07, 6.45) is -4.15. The molecule has 2 unspecified atom stereocenters. The largest absolute Gasteiger partial charge is 0.457 e. The van der Waals surface area contributed by atoms with E-state index in [1.807, 2.05) is 20.9 Å². The number of aliphatic hydroxyl groups is 3. The van der Waals surface area contributed by atoms with Gasteiger partial charge in [-0.05, 0) is 67.9 Å².